The first-order chi connectivity index (χ1) is 8.99. The summed E-state index contributed by atoms with van der Waals surface area (Å²) in [5.41, 5.74) is 7.31. The number of rotatable bonds is 3. The van der Waals surface area contributed by atoms with Crippen LogP contribution in [0.5, 0.6) is 0 Å². The van der Waals surface area contributed by atoms with E-state index in [0.29, 0.717) is 0 Å². The van der Waals surface area contributed by atoms with E-state index in [0.717, 1.165) is 18.1 Å². The molecule has 1 aromatic heterocycles. The summed E-state index contributed by atoms with van der Waals surface area (Å²) in [5.74, 6) is 1.09. The van der Waals surface area contributed by atoms with Crippen molar-refractivity contribution in [3.05, 3.63) is 46.8 Å². The molecule has 19 heavy (non-hydrogen) atoms. The molecule has 0 aliphatic heterocycles. The van der Waals surface area contributed by atoms with Gasteiger partial charge in [-0.05, 0) is 51.3 Å². The molecule has 1 heterocycles. The summed E-state index contributed by atoms with van der Waals surface area (Å²) in [6.45, 7) is 15.5. The number of hydrogen-bond donors (Lipinski definition) is 0. The number of aryl methyl sites for hydroxylation is 3. The van der Waals surface area contributed by atoms with Gasteiger partial charge in [0.05, 0.1) is 5.69 Å². The van der Waals surface area contributed by atoms with Crippen LogP contribution in [0.1, 0.15) is 35.0 Å². The Hall–Kier alpha value is -1.83. The molecule has 0 aliphatic carbocycles. The van der Waals surface area contributed by atoms with Crippen molar-refractivity contribution in [2.75, 3.05) is 0 Å². The summed E-state index contributed by atoms with van der Waals surface area (Å²) in [6.07, 6.45) is 1.90. The van der Waals surface area contributed by atoms with Crippen LogP contribution in [0.25, 0.3) is 17.5 Å². The number of imidazole rings is 1. The Labute approximate surface area is 115 Å². The average Bonchev–Trinajstić information content (AvgIpc) is 2.64. The van der Waals surface area contributed by atoms with Gasteiger partial charge in [0.1, 0.15) is 5.82 Å². The minimum Gasteiger partial charge on any atom is -0.328 e. The van der Waals surface area contributed by atoms with Gasteiger partial charge in [-0.3, -0.25) is 0 Å². The Morgan fingerprint density at radius 3 is 2.21 bits per heavy atom. The summed E-state index contributed by atoms with van der Waals surface area (Å²) in [6, 6.07) is 4.35. The first-order valence-electron chi connectivity index (χ1n) is 6.77. The van der Waals surface area contributed by atoms with Crippen LogP contribution in [-0.2, 0) is 6.54 Å². The lowest BCUT2D eigenvalue weighted by atomic mass is 9.98. The molecular weight excluding hydrogens is 232 g/mol. The highest BCUT2D eigenvalue weighted by Crippen LogP contribution is 2.29. The smallest absolute Gasteiger partial charge is 0.140 e. The molecule has 0 saturated heterocycles. The molecule has 0 bridgehead atoms. The van der Waals surface area contributed by atoms with Gasteiger partial charge < -0.3 is 4.57 Å². The lowest BCUT2D eigenvalue weighted by Gasteiger charge is -2.13. The highest BCUT2D eigenvalue weighted by atomic mass is 15.1. The molecule has 2 rings (SSSR count). The Morgan fingerprint density at radius 2 is 1.74 bits per heavy atom. The molecule has 0 unspecified atom stereocenters. The first kappa shape index (κ1) is 13.6. The van der Waals surface area contributed by atoms with Gasteiger partial charge in [-0.2, -0.15) is 0 Å². The highest BCUT2D eigenvalue weighted by molar-refractivity contribution is 5.69. The van der Waals surface area contributed by atoms with Crippen LogP contribution in [0, 0.1) is 27.7 Å². The molecule has 2 aromatic rings. The van der Waals surface area contributed by atoms with E-state index < -0.39 is 0 Å². The molecule has 0 amide bonds. The fraction of sp³-hybridized carbons (Fsp3) is 0.353. The van der Waals surface area contributed by atoms with Crippen molar-refractivity contribution in [2.24, 2.45) is 0 Å². The molecular formula is C17H22N2. The largest absolute Gasteiger partial charge is 0.328 e. The third-order valence-corrected chi connectivity index (χ3v) is 3.79. The van der Waals surface area contributed by atoms with E-state index in [1.54, 1.807) is 0 Å². The van der Waals surface area contributed by atoms with Crippen LogP contribution in [0.3, 0.4) is 0 Å². The van der Waals surface area contributed by atoms with E-state index in [1.165, 1.54) is 27.9 Å². The Kier molecular flexibility index (Phi) is 3.61. The van der Waals surface area contributed by atoms with Gasteiger partial charge in [-0.1, -0.05) is 24.8 Å². The van der Waals surface area contributed by atoms with E-state index in [2.05, 4.69) is 57.9 Å². The predicted octanol–water partition coefficient (Wildman–Crippen LogP) is 4.45. The van der Waals surface area contributed by atoms with Gasteiger partial charge in [0.15, 0.2) is 0 Å². The Bertz CT molecular complexity index is 610. The van der Waals surface area contributed by atoms with Crippen molar-refractivity contribution in [1.82, 2.24) is 9.55 Å². The van der Waals surface area contributed by atoms with E-state index in [-0.39, 0.29) is 0 Å². The average molecular weight is 254 g/mol. The van der Waals surface area contributed by atoms with Crippen molar-refractivity contribution in [3.8, 4) is 11.4 Å². The quantitative estimate of drug-likeness (QED) is 0.791. The lowest BCUT2D eigenvalue weighted by Crippen LogP contribution is -2.02. The van der Waals surface area contributed by atoms with Crippen LogP contribution < -0.4 is 0 Å². The summed E-state index contributed by atoms with van der Waals surface area (Å²) in [5, 5.41) is 0. The molecule has 100 valence electrons. The fourth-order valence-corrected chi connectivity index (χ4v) is 2.70. The predicted molar refractivity (Wildman–Crippen MR) is 82.4 cm³/mol. The molecule has 2 heteroatoms. The molecule has 0 spiro atoms. The zero-order valence-electron chi connectivity index (χ0n) is 12.5. The lowest BCUT2D eigenvalue weighted by molar-refractivity contribution is 0.743. The van der Waals surface area contributed by atoms with Crippen molar-refractivity contribution in [2.45, 2.75) is 41.2 Å². The molecule has 1 aromatic carbocycles. The molecule has 0 fully saturated rings. The van der Waals surface area contributed by atoms with Crippen molar-refractivity contribution in [3.63, 3.8) is 0 Å². The second-order valence-electron chi connectivity index (χ2n) is 5.08. The van der Waals surface area contributed by atoms with E-state index >= 15 is 0 Å². The zero-order chi connectivity index (χ0) is 14.2. The van der Waals surface area contributed by atoms with Crippen LogP contribution in [0.2, 0.25) is 0 Å². The molecule has 0 aliphatic rings. The minimum atomic E-state index is 0.949. The number of nitrogens with zero attached hydrogens (tertiary/aromatic N) is 2. The van der Waals surface area contributed by atoms with Crippen LogP contribution in [0.15, 0.2) is 18.7 Å². The number of hydrogen-bond acceptors (Lipinski definition) is 1. The Morgan fingerprint density at radius 1 is 1.16 bits per heavy atom. The molecule has 0 radical (unpaired) electrons. The fourth-order valence-electron chi connectivity index (χ4n) is 2.70. The monoisotopic (exact) mass is 254 g/mol. The van der Waals surface area contributed by atoms with Crippen LogP contribution in [-0.4, -0.2) is 9.55 Å². The van der Waals surface area contributed by atoms with E-state index in [9.17, 15) is 0 Å². The second-order valence-corrected chi connectivity index (χ2v) is 5.08. The molecule has 0 N–H and O–H groups in total. The molecule has 0 saturated carbocycles. The second kappa shape index (κ2) is 5.04. The van der Waals surface area contributed by atoms with Gasteiger partial charge in [0, 0.05) is 17.8 Å². The third kappa shape index (κ3) is 2.23. The van der Waals surface area contributed by atoms with E-state index in [4.69, 9.17) is 4.98 Å². The SMILES string of the molecule is C=Cc1cc(C)c(-c2nc(C)c(C)n2CC)c(C)c1. The molecule has 2 nitrogen and oxygen atoms in total. The van der Waals surface area contributed by atoms with Crippen molar-refractivity contribution < 1.29 is 0 Å². The summed E-state index contributed by atoms with van der Waals surface area (Å²) >= 11 is 0. The van der Waals surface area contributed by atoms with Gasteiger partial charge >= 0.3 is 0 Å². The molecule has 0 atom stereocenters. The zero-order valence-corrected chi connectivity index (χ0v) is 12.5. The number of aromatic nitrogens is 2. The summed E-state index contributed by atoms with van der Waals surface area (Å²) in [7, 11) is 0. The topological polar surface area (TPSA) is 17.8 Å². The normalized spacial score (nSPS) is 10.8. The Balaban J connectivity index is 2.72. The minimum absolute atomic E-state index is 0.949. The van der Waals surface area contributed by atoms with Crippen molar-refractivity contribution >= 4 is 6.08 Å². The van der Waals surface area contributed by atoms with Gasteiger partial charge in [0.25, 0.3) is 0 Å². The maximum absolute atomic E-state index is 4.77. The summed E-state index contributed by atoms with van der Waals surface area (Å²) in [4.78, 5) is 4.77. The van der Waals surface area contributed by atoms with Gasteiger partial charge in [0.2, 0.25) is 0 Å². The highest BCUT2D eigenvalue weighted by Gasteiger charge is 2.15. The summed E-state index contributed by atoms with van der Waals surface area (Å²) < 4.78 is 2.29. The maximum atomic E-state index is 4.77. The van der Waals surface area contributed by atoms with Crippen LogP contribution >= 0.6 is 0 Å². The first-order valence-corrected chi connectivity index (χ1v) is 6.77. The number of benzene rings is 1. The van der Waals surface area contributed by atoms with Gasteiger partial charge in [-0.15, -0.1) is 0 Å². The van der Waals surface area contributed by atoms with Crippen molar-refractivity contribution in [1.29, 1.82) is 0 Å². The third-order valence-electron chi connectivity index (χ3n) is 3.79. The van der Waals surface area contributed by atoms with Crippen LogP contribution in [0.4, 0.5) is 0 Å². The van der Waals surface area contributed by atoms with E-state index in [1.807, 2.05) is 6.08 Å². The maximum Gasteiger partial charge on any atom is 0.140 e. The standard InChI is InChI=1S/C17H22N2/c1-7-15-9-11(3)16(12(4)10-15)17-18-13(5)14(6)19(17)8-2/h7,9-10H,1,8H2,2-6H3. The van der Waals surface area contributed by atoms with Gasteiger partial charge in [-0.25, -0.2) is 4.98 Å².